The summed E-state index contributed by atoms with van der Waals surface area (Å²) in [5.41, 5.74) is 3.29. The van der Waals surface area contributed by atoms with Crippen LogP contribution in [0.15, 0.2) is 0 Å². The molecule has 4 heteroatoms. The third-order valence-electron chi connectivity index (χ3n) is 2.70. The minimum atomic E-state index is -0.758. The quantitative estimate of drug-likeness (QED) is 0.831. The lowest BCUT2D eigenvalue weighted by molar-refractivity contribution is -0.136. The summed E-state index contributed by atoms with van der Waals surface area (Å²) in [6.07, 6.45) is 1.68. The predicted molar refractivity (Wildman–Crippen MR) is 62.4 cm³/mol. The van der Waals surface area contributed by atoms with Gasteiger partial charge in [0.25, 0.3) is 0 Å². The Hall–Kier alpha value is -1.32. The Balaban J connectivity index is 2.84. The number of hydrogen-bond donors (Lipinski definition) is 1. The molecule has 0 bridgehead atoms. The van der Waals surface area contributed by atoms with Crippen LogP contribution in [-0.4, -0.2) is 20.9 Å². The Labute approximate surface area is 96.3 Å². The molecule has 0 radical (unpaired) electrons. The molecule has 0 aliphatic heterocycles. The van der Waals surface area contributed by atoms with Crippen LogP contribution in [0.1, 0.15) is 37.2 Å². The maximum Gasteiger partial charge on any atom is 0.303 e. The minimum Gasteiger partial charge on any atom is -0.481 e. The van der Waals surface area contributed by atoms with E-state index in [4.69, 9.17) is 5.11 Å². The summed E-state index contributed by atoms with van der Waals surface area (Å²) in [5.74, 6) is -0.188. The van der Waals surface area contributed by atoms with E-state index in [0.29, 0.717) is 12.3 Å². The number of aliphatic carboxylic acids is 1. The molecule has 16 heavy (non-hydrogen) atoms. The van der Waals surface area contributed by atoms with Crippen LogP contribution >= 0.6 is 0 Å². The van der Waals surface area contributed by atoms with Crippen LogP contribution < -0.4 is 0 Å². The van der Waals surface area contributed by atoms with E-state index in [-0.39, 0.29) is 6.42 Å². The zero-order chi connectivity index (χ0) is 12.3. The van der Waals surface area contributed by atoms with Gasteiger partial charge in [-0.25, -0.2) is 0 Å². The van der Waals surface area contributed by atoms with Crippen molar-refractivity contribution in [3.8, 4) is 0 Å². The number of aryl methyl sites for hydroxylation is 1. The molecule has 0 aromatic carbocycles. The van der Waals surface area contributed by atoms with Gasteiger partial charge in [-0.1, -0.05) is 13.8 Å². The van der Waals surface area contributed by atoms with Crippen molar-refractivity contribution in [2.24, 2.45) is 13.0 Å². The smallest absolute Gasteiger partial charge is 0.303 e. The van der Waals surface area contributed by atoms with Gasteiger partial charge in [-0.2, -0.15) is 5.10 Å². The summed E-state index contributed by atoms with van der Waals surface area (Å²) in [4.78, 5) is 10.6. The number of carboxylic acid groups (broad SMARTS) is 1. The molecule has 0 fully saturated rings. The molecular formula is C12H20N2O2. The highest BCUT2D eigenvalue weighted by molar-refractivity contribution is 5.67. The van der Waals surface area contributed by atoms with Crippen LogP contribution in [0.3, 0.4) is 0 Å². The van der Waals surface area contributed by atoms with E-state index in [2.05, 4.69) is 18.9 Å². The SMILES string of the molecule is Cc1c(CC(C)C)nn(C)c1CCC(=O)O. The largest absolute Gasteiger partial charge is 0.481 e. The zero-order valence-electron chi connectivity index (χ0n) is 10.4. The predicted octanol–water partition coefficient (Wildman–Crippen LogP) is 1.94. The number of carbonyl (C=O) groups is 1. The fraction of sp³-hybridized carbons (Fsp3) is 0.667. The molecule has 0 aliphatic rings. The summed E-state index contributed by atoms with van der Waals surface area (Å²) in [7, 11) is 1.88. The van der Waals surface area contributed by atoms with Crippen molar-refractivity contribution < 1.29 is 9.90 Å². The summed E-state index contributed by atoms with van der Waals surface area (Å²) in [6.45, 7) is 6.35. The number of carboxylic acids is 1. The van der Waals surface area contributed by atoms with Gasteiger partial charge in [0, 0.05) is 19.2 Å². The van der Waals surface area contributed by atoms with Gasteiger partial charge in [-0.05, 0) is 24.8 Å². The van der Waals surface area contributed by atoms with E-state index < -0.39 is 5.97 Å². The number of aromatic nitrogens is 2. The Kier molecular flexibility index (Phi) is 4.10. The van der Waals surface area contributed by atoms with Gasteiger partial charge in [0.1, 0.15) is 0 Å². The molecule has 0 saturated heterocycles. The molecule has 0 unspecified atom stereocenters. The highest BCUT2D eigenvalue weighted by Crippen LogP contribution is 2.17. The topological polar surface area (TPSA) is 55.1 Å². The molecule has 0 atom stereocenters. The Morgan fingerprint density at radius 3 is 2.62 bits per heavy atom. The molecular weight excluding hydrogens is 204 g/mol. The monoisotopic (exact) mass is 224 g/mol. The molecule has 90 valence electrons. The Morgan fingerprint density at radius 2 is 2.12 bits per heavy atom. The Bertz CT molecular complexity index is 381. The second-order valence-corrected chi connectivity index (χ2v) is 4.63. The van der Waals surface area contributed by atoms with Crippen molar-refractivity contribution >= 4 is 5.97 Å². The van der Waals surface area contributed by atoms with Crippen LogP contribution in [0.5, 0.6) is 0 Å². The van der Waals surface area contributed by atoms with E-state index >= 15 is 0 Å². The lowest BCUT2D eigenvalue weighted by Crippen LogP contribution is -2.03. The van der Waals surface area contributed by atoms with E-state index in [9.17, 15) is 4.79 Å². The van der Waals surface area contributed by atoms with Gasteiger partial charge >= 0.3 is 5.97 Å². The summed E-state index contributed by atoms with van der Waals surface area (Å²) in [5, 5.41) is 13.1. The number of hydrogen-bond acceptors (Lipinski definition) is 2. The van der Waals surface area contributed by atoms with Crippen LogP contribution in [-0.2, 0) is 24.7 Å². The van der Waals surface area contributed by atoms with Crippen molar-refractivity contribution in [3.05, 3.63) is 17.0 Å². The van der Waals surface area contributed by atoms with Gasteiger partial charge in [-0.15, -0.1) is 0 Å². The van der Waals surface area contributed by atoms with Crippen LogP contribution in [0, 0.1) is 12.8 Å². The highest BCUT2D eigenvalue weighted by Gasteiger charge is 2.13. The van der Waals surface area contributed by atoms with E-state index in [1.807, 2.05) is 18.7 Å². The zero-order valence-corrected chi connectivity index (χ0v) is 10.4. The van der Waals surface area contributed by atoms with Crippen LogP contribution in [0.2, 0.25) is 0 Å². The first-order chi connectivity index (χ1) is 7.41. The molecule has 0 spiro atoms. The fourth-order valence-electron chi connectivity index (χ4n) is 1.88. The normalized spacial score (nSPS) is 11.1. The molecule has 0 amide bonds. The van der Waals surface area contributed by atoms with E-state index in [1.54, 1.807) is 0 Å². The van der Waals surface area contributed by atoms with Crippen molar-refractivity contribution in [1.82, 2.24) is 9.78 Å². The van der Waals surface area contributed by atoms with Crippen molar-refractivity contribution in [1.29, 1.82) is 0 Å². The van der Waals surface area contributed by atoms with E-state index in [0.717, 1.165) is 23.4 Å². The molecule has 1 heterocycles. The molecule has 4 nitrogen and oxygen atoms in total. The summed E-state index contributed by atoms with van der Waals surface area (Å²) < 4.78 is 1.82. The van der Waals surface area contributed by atoms with Crippen LogP contribution in [0.4, 0.5) is 0 Å². The van der Waals surface area contributed by atoms with Crippen molar-refractivity contribution in [3.63, 3.8) is 0 Å². The van der Waals surface area contributed by atoms with Gasteiger partial charge in [0.05, 0.1) is 12.1 Å². The second kappa shape index (κ2) is 5.14. The highest BCUT2D eigenvalue weighted by atomic mass is 16.4. The maximum absolute atomic E-state index is 10.6. The maximum atomic E-state index is 10.6. The summed E-state index contributed by atoms with van der Waals surface area (Å²) in [6, 6.07) is 0. The van der Waals surface area contributed by atoms with Gasteiger partial charge in [0.2, 0.25) is 0 Å². The average molecular weight is 224 g/mol. The average Bonchev–Trinajstić information content (AvgIpc) is 2.39. The lowest BCUT2D eigenvalue weighted by Gasteiger charge is -2.02. The van der Waals surface area contributed by atoms with Gasteiger partial charge in [-0.3, -0.25) is 9.48 Å². The first-order valence-corrected chi connectivity index (χ1v) is 5.65. The molecule has 1 N–H and O–H groups in total. The molecule has 1 aromatic rings. The molecule has 1 rings (SSSR count). The third-order valence-corrected chi connectivity index (χ3v) is 2.70. The molecule has 1 aromatic heterocycles. The van der Waals surface area contributed by atoms with E-state index in [1.165, 1.54) is 0 Å². The standard InChI is InChI=1S/C12H20N2O2/c1-8(2)7-10-9(3)11(14(4)13-10)5-6-12(15)16/h8H,5-7H2,1-4H3,(H,15,16). The summed E-state index contributed by atoms with van der Waals surface area (Å²) >= 11 is 0. The van der Waals surface area contributed by atoms with Gasteiger partial charge < -0.3 is 5.11 Å². The number of nitrogens with zero attached hydrogens (tertiary/aromatic N) is 2. The van der Waals surface area contributed by atoms with Crippen LogP contribution in [0.25, 0.3) is 0 Å². The minimum absolute atomic E-state index is 0.168. The third kappa shape index (κ3) is 3.08. The lowest BCUT2D eigenvalue weighted by atomic mass is 10.0. The van der Waals surface area contributed by atoms with Gasteiger partial charge in [0.15, 0.2) is 0 Å². The first kappa shape index (κ1) is 12.7. The second-order valence-electron chi connectivity index (χ2n) is 4.63. The number of rotatable bonds is 5. The van der Waals surface area contributed by atoms with Crippen molar-refractivity contribution in [2.45, 2.75) is 40.0 Å². The first-order valence-electron chi connectivity index (χ1n) is 5.65. The molecule has 0 saturated carbocycles. The fourth-order valence-corrected chi connectivity index (χ4v) is 1.88. The van der Waals surface area contributed by atoms with Crippen molar-refractivity contribution in [2.75, 3.05) is 0 Å². The molecule has 0 aliphatic carbocycles. The Morgan fingerprint density at radius 1 is 1.50 bits per heavy atom.